The first kappa shape index (κ1) is 17.6. The minimum atomic E-state index is -4.60. The number of rotatable bonds is 4. The average Bonchev–Trinajstić information content (AvgIpc) is 2.54. The monoisotopic (exact) mass is 340 g/mol. The van der Waals surface area contributed by atoms with Gasteiger partial charge in [-0.1, -0.05) is 0 Å². The minimum absolute atomic E-state index is 0.438. The number of nitrogens with zero attached hydrogens (tertiary/aromatic N) is 1. The van der Waals surface area contributed by atoms with Crippen molar-refractivity contribution in [2.24, 2.45) is 0 Å². The van der Waals surface area contributed by atoms with Crippen molar-refractivity contribution in [2.45, 2.75) is 19.1 Å². The van der Waals surface area contributed by atoms with E-state index in [9.17, 15) is 22.8 Å². The third-order valence-electron chi connectivity index (χ3n) is 3.42. The summed E-state index contributed by atoms with van der Waals surface area (Å²) in [6.07, 6.45) is -3.96. The Balaban J connectivity index is 2.22. The summed E-state index contributed by atoms with van der Waals surface area (Å²) >= 11 is 0. The summed E-state index contributed by atoms with van der Waals surface area (Å²) in [5.74, 6) is -0.0169. The number of hydrogen-bond donors (Lipinski definition) is 1. The maximum absolute atomic E-state index is 12.8. The molecule has 0 spiro atoms. The summed E-state index contributed by atoms with van der Waals surface area (Å²) in [5.41, 5.74) is -1.25. The molecule has 0 bridgehead atoms. The Labute approximate surface area is 135 Å². The molecule has 0 radical (unpaired) electrons. The summed E-state index contributed by atoms with van der Waals surface area (Å²) in [6.45, 7) is 1.35. The van der Waals surface area contributed by atoms with E-state index in [2.05, 4.69) is 5.32 Å². The number of carbonyl (C=O) groups is 1. The molecule has 24 heavy (non-hydrogen) atoms. The van der Waals surface area contributed by atoms with E-state index in [1.54, 1.807) is 24.3 Å². The third kappa shape index (κ3) is 3.95. The first-order chi connectivity index (χ1) is 11.2. The Hall–Kier alpha value is -2.77. The van der Waals surface area contributed by atoms with Gasteiger partial charge in [-0.05, 0) is 37.3 Å². The number of halogens is 3. The normalized spacial score (nSPS) is 12.5. The Morgan fingerprint density at radius 3 is 2.33 bits per heavy atom. The second-order valence-electron chi connectivity index (χ2n) is 5.05. The van der Waals surface area contributed by atoms with E-state index < -0.39 is 29.2 Å². The van der Waals surface area contributed by atoms with Gasteiger partial charge in [0, 0.05) is 18.0 Å². The molecule has 0 saturated carbocycles. The molecule has 0 aliphatic rings. The second kappa shape index (κ2) is 6.77. The molecule has 1 amide bonds. The van der Waals surface area contributed by atoms with E-state index in [-0.39, 0.29) is 0 Å². The summed E-state index contributed by atoms with van der Waals surface area (Å²) in [7, 11) is 1.50. The fourth-order valence-electron chi connectivity index (χ4n) is 2.02. The van der Waals surface area contributed by atoms with Gasteiger partial charge in [-0.2, -0.15) is 13.2 Å². The van der Waals surface area contributed by atoms with Gasteiger partial charge in [0.15, 0.2) is 0 Å². The summed E-state index contributed by atoms with van der Waals surface area (Å²) in [5, 5.41) is 2.54. The van der Waals surface area contributed by atoms with Gasteiger partial charge in [0.1, 0.15) is 11.8 Å². The van der Waals surface area contributed by atoms with Crippen LogP contribution in [0, 0.1) is 0 Å². The predicted molar refractivity (Wildman–Crippen MR) is 82.0 cm³/mol. The number of anilines is 1. The fourth-order valence-corrected chi connectivity index (χ4v) is 2.02. The number of ether oxygens (including phenoxy) is 1. The summed E-state index contributed by atoms with van der Waals surface area (Å²) < 4.78 is 44.0. The topological polar surface area (TPSA) is 60.3 Å². The van der Waals surface area contributed by atoms with Crippen LogP contribution in [0.15, 0.2) is 47.4 Å². The van der Waals surface area contributed by atoms with Gasteiger partial charge < -0.3 is 14.6 Å². The number of alkyl halides is 3. The van der Waals surface area contributed by atoms with Crippen LogP contribution in [-0.2, 0) is 11.0 Å². The Morgan fingerprint density at radius 1 is 1.17 bits per heavy atom. The predicted octanol–water partition coefficient (Wildman–Crippen LogP) is 3.08. The summed E-state index contributed by atoms with van der Waals surface area (Å²) in [6, 6.07) is 6.78. The van der Waals surface area contributed by atoms with Crippen LogP contribution in [0.4, 0.5) is 18.9 Å². The Bertz CT molecular complexity index is 782. The van der Waals surface area contributed by atoms with Crippen molar-refractivity contribution in [2.75, 3.05) is 12.4 Å². The van der Waals surface area contributed by atoms with Crippen LogP contribution in [0.5, 0.6) is 5.75 Å². The van der Waals surface area contributed by atoms with Crippen LogP contribution in [0.2, 0.25) is 0 Å². The molecular formula is C16H15F3N2O3. The van der Waals surface area contributed by atoms with Crippen LogP contribution in [0.3, 0.4) is 0 Å². The first-order valence-electron chi connectivity index (χ1n) is 6.96. The van der Waals surface area contributed by atoms with Gasteiger partial charge in [0.2, 0.25) is 5.91 Å². The molecule has 1 heterocycles. The fraction of sp³-hybridized carbons (Fsp3) is 0.250. The number of hydrogen-bond acceptors (Lipinski definition) is 3. The first-order valence-corrected chi connectivity index (χ1v) is 6.96. The maximum atomic E-state index is 12.8. The molecule has 1 unspecified atom stereocenters. The van der Waals surface area contributed by atoms with Crippen LogP contribution in [0.1, 0.15) is 18.5 Å². The standard InChI is InChI=1S/C16H15F3N2O3/c1-10(15(23)20-12-4-6-13(24-2)7-5-12)21-9-11(16(17,18)19)3-8-14(21)22/h3-10H,1-2H3,(H,20,23). The van der Waals surface area contributed by atoms with Gasteiger partial charge in [-0.25, -0.2) is 0 Å². The molecule has 1 atom stereocenters. The molecule has 128 valence electrons. The lowest BCUT2D eigenvalue weighted by Crippen LogP contribution is -2.31. The average molecular weight is 340 g/mol. The highest BCUT2D eigenvalue weighted by atomic mass is 19.4. The minimum Gasteiger partial charge on any atom is -0.497 e. The van der Waals surface area contributed by atoms with Gasteiger partial charge in [0.25, 0.3) is 5.56 Å². The number of benzene rings is 1. The molecule has 8 heteroatoms. The molecular weight excluding hydrogens is 325 g/mol. The van der Waals surface area contributed by atoms with Crippen molar-refractivity contribution >= 4 is 11.6 Å². The molecule has 2 rings (SSSR count). The van der Waals surface area contributed by atoms with Gasteiger partial charge in [0.05, 0.1) is 12.7 Å². The molecule has 0 aliphatic carbocycles. The van der Waals surface area contributed by atoms with Crippen molar-refractivity contribution in [1.29, 1.82) is 0 Å². The lowest BCUT2D eigenvalue weighted by Gasteiger charge is -2.17. The number of pyridine rings is 1. The van der Waals surface area contributed by atoms with Crippen molar-refractivity contribution in [3.63, 3.8) is 0 Å². The zero-order valence-corrected chi connectivity index (χ0v) is 12.9. The lowest BCUT2D eigenvalue weighted by atomic mass is 10.2. The Kier molecular flexibility index (Phi) is 4.96. The van der Waals surface area contributed by atoms with E-state index in [4.69, 9.17) is 4.74 Å². The molecule has 0 fully saturated rings. The van der Waals surface area contributed by atoms with Crippen LogP contribution in [0.25, 0.3) is 0 Å². The van der Waals surface area contributed by atoms with Crippen LogP contribution in [-0.4, -0.2) is 17.6 Å². The molecule has 1 aromatic carbocycles. The van der Waals surface area contributed by atoms with Crippen LogP contribution >= 0.6 is 0 Å². The zero-order valence-electron chi connectivity index (χ0n) is 12.9. The maximum Gasteiger partial charge on any atom is 0.417 e. The second-order valence-corrected chi connectivity index (χ2v) is 5.05. The number of aromatic nitrogens is 1. The third-order valence-corrected chi connectivity index (χ3v) is 3.42. The number of methoxy groups -OCH3 is 1. The SMILES string of the molecule is COc1ccc(NC(=O)C(C)n2cc(C(F)(F)F)ccc2=O)cc1. The zero-order chi connectivity index (χ0) is 17.9. The lowest BCUT2D eigenvalue weighted by molar-refractivity contribution is -0.138. The van der Waals surface area contributed by atoms with E-state index in [1.807, 2.05) is 0 Å². The van der Waals surface area contributed by atoms with Gasteiger partial charge in [-0.3, -0.25) is 9.59 Å². The molecule has 0 saturated heterocycles. The molecule has 1 N–H and O–H groups in total. The number of amides is 1. The highest BCUT2D eigenvalue weighted by Gasteiger charge is 2.32. The number of carbonyl (C=O) groups excluding carboxylic acids is 1. The Morgan fingerprint density at radius 2 is 1.79 bits per heavy atom. The van der Waals surface area contributed by atoms with Crippen LogP contribution < -0.4 is 15.6 Å². The highest BCUT2D eigenvalue weighted by molar-refractivity contribution is 5.93. The largest absolute Gasteiger partial charge is 0.497 e. The van der Waals surface area contributed by atoms with Gasteiger partial charge >= 0.3 is 6.18 Å². The summed E-state index contributed by atoms with van der Waals surface area (Å²) in [4.78, 5) is 24.0. The molecule has 0 aliphatic heterocycles. The van der Waals surface area contributed by atoms with E-state index in [0.29, 0.717) is 23.7 Å². The quantitative estimate of drug-likeness (QED) is 0.930. The van der Waals surface area contributed by atoms with E-state index in [1.165, 1.54) is 14.0 Å². The molecule has 5 nitrogen and oxygen atoms in total. The molecule has 1 aromatic heterocycles. The molecule has 2 aromatic rings. The van der Waals surface area contributed by atoms with Crippen molar-refractivity contribution in [1.82, 2.24) is 4.57 Å². The van der Waals surface area contributed by atoms with Crippen molar-refractivity contribution in [3.8, 4) is 5.75 Å². The van der Waals surface area contributed by atoms with E-state index in [0.717, 1.165) is 10.6 Å². The smallest absolute Gasteiger partial charge is 0.417 e. The van der Waals surface area contributed by atoms with Gasteiger partial charge in [-0.15, -0.1) is 0 Å². The van der Waals surface area contributed by atoms with E-state index >= 15 is 0 Å². The highest BCUT2D eigenvalue weighted by Crippen LogP contribution is 2.28. The number of nitrogens with one attached hydrogen (secondary N) is 1. The van der Waals surface area contributed by atoms with Crippen molar-refractivity contribution < 1.29 is 22.7 Å². The van der Waals surface area contributed by atoms with Crippen molar-refractivity contribution in [3.05, 3.63) is 58.5 Å².